The van der Waals surface area contributed by atoms with Gasteiger partial charge in [-0.3, -0.25) is 4.79 Å². The number of hydrogen-bond acceptors (Lipinski definition) is 25. The zero-order valence-electron chi connectivity index (χ0n) is 46.5. The van der Waals surface area contributed by atoms with Gasteiger partial charge in [-0.2, -0.15) is 0 Å². The minimum Gasteiger partial charge on any atom is -0.466 e. The van der Waals surface area contributed by atoms with Gasteiger partial charge in [-0.15, -0.1) is 0 Å². The van der Waals surface area contributed by atoms with Crippen molar-refractivity contribution in [2.24, 2.45) is 5.92 Å². The van der Waals surface area contributed by atoms with Crippen molar-refractivity contribution in [3.05, 3.63) is 95.1 Å². The van der Waals surface area contributed by atoms with Crippen LogP contribution in [0, 0.1) is 5.92 Å². The Kier molecular flexibility index (Phi) is 37.7. The predicted molar refractivity (Wildman–Crippen MR) is 283 cm³/mol. The minimum atomic E-state index is -3.15. The van der Waals surface area contributed by atoms with Gasteiger partial charge in [0.1, 0.15) is 26.4 Å². The molecule has 0 atom stereocenters. The number of aliphatic hydroxyl groups is 2. The minimum absolute atomic E-state index is 0.0143. The topological polar surface area (TPSA) is 308 Å². The summed E-state index contributed by atoms with van der Waals surface area (Å²) in [6.45, 7) is 13.4. The number of carbonyl (C=O) groups is 7. The van der Waals surface area contributed by atoms with Gasteiger partial charge in [0.05, 0.1) is 86.5 Å². The summed E-state index contributed by atoms with van der Waals surface area (Å²) in [5.74, 6) is -3.73. The van der Waals surface area contributed by atoms with E-state index in [9.17, 15) is 33.6 Å². The summed E-state index contributed by atoms with van der Waals surface area (Å²) in [5.41, 5.74) is 1.58. The molecule has 78 heavy (non-hydrogen) atoms. The van der Waals surface area contributed by atoms with E-state index in [1.807, 2.05) is 0 Å². The van der Waals surface area contributed by atoms with Crippen LogP contribution in [0.1, 0.15) is 75.5 Å². The number of benzene rings is 2. The summed E-state index contributed by atoms with van der Waals surface area (Å²) in [4.78, 5) is 81.9. The fourth-order valence-corrected chi connectivity index (χ4v) is 10.8. The molecule has 25 nitrogen and oxygen atoms in total. The van der Waals surface area contributed by atoms with Gasteiger partial charge in [-0.25, -0.2) is 28.8 Å². The average Bonchev–Trinajstić information content (AvgIpc) is 3.45. The normalized spacial score (nSPS) is 11.2. The van der Waals surface area contributed by atoms with Gasteiger partial charge in [0, 0.05) is 67.0 Å². The highest BCUT2D eigenvalue weighted by molar-refractivity contribution is 6.61. The maximum Gasteiger partial charge on any atom is 0.504 e. The summed E-state index contributed by atoms with van der Waals surface area (Å²) in [6, 6.07) is 12.5. The van der Waals surface area contributed by atoms with E-state index >= 15 is 0 Å². The fraction of sp³-hybridized carbons (Fsp3) is 0.540. The molecule has 2 aromatic carbocycles. The Hall–Kier alpha value is -5.58. The number of rotatable bonds is 36. The molecule has 2 rings (SSSR count). The van der Waals surface area contributed by atoms with Crippen LogP contribution in [0.5, 0.6) is 0 Å². The van der Waals surface area contributed by atoms with Crippen LogP contribution in [0.25, 0.3) is 0 Å². The van der Waals surface area contributed by atoms with E-state index in [1.54, 1.807) is 20.8 Å². The molecule has 0 saturated carbocycles. The largest absolute Gasteiger partial charge is 0.504 e. The monoisotopic (exact) mass is 1160 g/mol. The quantitative estimate of drug-likeness (QED) is 0.0318. The Morgan fingerprint density at radius 3 is 1.01 bits per heavy atom. The fourth-order valence-electron chi connectivity index (χ4n) is 5.68. The number of esters is 7. The van der Waals surface area contributed by atoms with Gasteiger partial charge in [-0.1, -0.05) is 27.0 Å². The van der Waals surface area contributed by atoms with Gasteiger partial charge in [-0.05, 0) is 68.8 Å². The third-order valence-electron chi connectivity index (χ3n) is 10.1. The lowest BCUT2D eigenvalue weighted by molar-refractivity contribution is -0.147. The van der Waals surface area contributed by atoms with E-state index in [1.165, 1.54) is 105 Å². The van der Waals surface area contributed by atoms with E-state index < -0.39 is 62.2 Å². The zero-order valence-corrected chi connectivity index (χ0v) is 49.5. The summed E-state index contributed by atoms with van der Waals surface area (Å²) in [7, 11) is 1.56. The van der Waals surface area contributed by atoms with Crippen LogP contribution in [0.3, 0.4) is 0 Å². The molecule has 0 bridgehead atoms. The van der Waals surface area contributed by atoms with Gasteiger partial charge < -0.3 is 83.2 Å². The number of aliphatic hydroxyl groups excluding tert-OH is 2. The van der Waals surface area contributed by atoms with Crippen molar-refractivity contribution in [3.8, 4) is 0 Å². The Bertz CT molecular complexity index is 2080. The Balaban J connectivity index is 0.00000145. The molecule has 0 unspecified atom stereocenters. The van der Waals surface area contributed by atoms with Crippen molar-refractivity contribution < 1.29 is 117 Å². The first-order valence-electron chi connectivity index (χ1n) is 24.1. The second kappa shape index (κ2) is 40.6. The molecule has 440 valence electrons. The standard InChI is InChI=1S/C29H44O14Si2.C12H14O6.C9H20O5Si/c1-22(2)26(30)38-14-9-20-44(34-5,35-6)42-17-15-39-28(32)24-10-12-25(13-11-24)29(33)40-16-18-43-45(36-7,37-8)21-19-41-27(31)23(3)4;13-5-7-17-11(15)9-1-2-10(4-3-9)12(16)18-8-6-14;1-8(2)9(10)14-6-7-15(11-3,12-4)13-5/h10-13H,1,3,9,14-21H2,2,4-8H3;1-4,13-14H,5-8H2;8H,6-7H2,1-5H3. The molecule has 0 saturated heterocycles. The average molecular weight is 1160 g/mol. The summed E-state index contributed by atoms with van der Waals surface area (Å²) in [6.07, 6.45) is 0.451. The van der Waals surface area contributed by atoms with Gasteiger partial charge in [0.2, 0.25) is 0 Å². The lowest BCUT2D eigenvalue weighted by Crippen LogP contribution is -2.45. The van der Waals surface area contributed by atoms with Crippen molar-refractivity contribution in [3.63, 3.8) is 0 Å². The van der Waals surface area contributed by atoms with Crippen LogP contribution >= 0.6 is 0 Å². The van der Waals surface area contributed by atoms with Crippen LogP contribution < -0.4 is 0 Å². The smallest absolute Gasteiger partial charge is 0.466 e. The highest BCUT2D eigenvalue weighted by Gasteiger charge is 2.40. The van der Waals surface area contributed by atoms with E-state index in [4.69, 9.17) is 83.2 Å². The molecule has 0 spiro atoms. The van der Waals surface area contributed by atoms with E-state index in [2.05, 4.69) is 13.2 Å². The number of ether oxygens (including phenoxy) is 7. The summed E-state index contributed by atoms with van der Waals surface area (Å²) >= 11 is 0. The molecule has 0 radical (unpaired) electrons. The first-order chi connectivity index (χ1) is 37.1. The molecular formula is C50H78O25Si3. The predicted octanol–water partition coefficient (Wildman–Crippen LogP) is 4.17. The second-order valence-corrected chi connectivity index (χ2v) is 25.1. The molecule has 0 heterocycles. The zero-order chi connectivity index (χ0) is 59.2. The van der Waals surface area contributed by atoms with E-state index in [0.29, 0.717) is 24.1 Å². The Morgan fingerprint density at radius 1 is 0.410 bits per heavy atom. The van der Waals surface area contributed by atoms with Crippen molar-refractivity contribution in [2.45, 2.75) is 52.2 Å². The lowest BCUT2D eigenvalue weighted by Gasteiger charge is -2.26. The third-order valence-corrected chi connectivity index (χ3v) is 18.4. The van der Waals surface area contributed by atoms with Crippen molar-refractivity contribution in [2.75, 3.05) is 122 Å². The first kappa shape index (κ1) is 72.4. The molecule has 0 aliphatic carbocycles. The summed E-state index contributed by atoms with van der Waals surface area (Å²) in [5, 5.41) is 17.0. The first-order valence-corrected chi connectivity index (χ1v) is 29.9. The van der Waals surface area contributed by atoms with Gasteiger partial charge >= 0.3 is 68.2 Å². The molecule has 0 fully saturated rings. The molecule has 0 aliphatic heterocycles. The van der Waals surface area contributed by atoms with Crippen LogP contribution in [0.15, 0.2) is 72.8 Å². The van der Waals surface area contributed by atoms with Crippen LogP contribution in [-0.2, 0) is 87.4 Å². The van der Waals surface area contributed by atoms with Gasteiger partial charge in [0.25, 0.3) is 0 Å². The molecule has 0 aromatic heterocycles. The molecule has 0 amide bonds. The maximum absolute atomic E-state index is 12.5. The van der Waals surface area contributed by atoms with Crippen LogP contribution in [0.4, 0.5) is 0 Å². The molecule has 2 aromatic rings. The molecule has 2 N–H and O–H groups in total. The van der Waals surface area contributed by atoms with Crippen molar-refractivity contribution >= 4 is 68.2 Å². The lowest BCUT2D eigenvalue weighted by atomic mass is 10.1. The highest BCUT2D eigenvalue weighted by atomic mass is 28.4. The van der Waals surface area contributed by atoms with Crippen molar-refractivity contribution in [1.82, 2.24) is 0 Å². The van der Waals surface area contributed by atoms with Crippen molar-refractivity contribution in [1.29, 1.82) is 0 Å². The molecular weight excluding hydrogens is 1080 g/mol. The van der Waals surface area contributed by atoms with Crippen LogP contribution in [0.2, 0.25) is 18.1 Å². The van der Waals surface area contributed by atoms with E-state index in [-0.39, 0.29) is 118 Å². The van der Waals surface area contributed by atoms with E-state index in [0.717, 1.165) is 0 Å². The Labute approximate surface area is 459 Å². The third kappa shape index (κ3) is 28.3. The summed E-state index contributed by atoms with van der Waals surface area (Å²) < 4.78 is 83.9. The molecule has 28 heteroatoms. The number of hydrogen-bond donors (Lipinski definition) is 2. The SMILES string of the molecule is C=C(C)C(=O)OCCC[Si](OC)(OC)OCCOC(=O)c1ccc(C(=O)OCCO[Si](CCOC(=O)C(=C)C)(OC)OC)cc1.CO[Si](CCOC(=O)C(C)C)(OC)OC.O=C(OCCO)c1ccc(C(=O)OCCO)cc1. The second-order valence-electron chi connectivity index (χ2n) is 16.1. The maximum atomic E-state index is 12.5. The molecule has 0 aliphatic rings. The van der Waals surface area contributed by atoms with Gasteiger partial charge in [0.15, 0.2) is 0 Å². The highest BCUT2D eigenvalue weighted by Crippen LogP contribution is 2.18. The van der Waals surface area contributed by atoms with Crippen LogP contribution in [-0.4, -0.2) is 201 Å². The Morgan fingerprint density at radius 2 is 0.705 bits per heavy atom. The number of carbonyl (C=O) groups excluding carboxylic acids is 7.